The minimum atomic E-state index is 0.600. The van der Waals surface area contributed by atoms with Crippen molar-refractivity contribution in [1.29, 1.82) is 0 Å². The van der Waals surface area contributed by atoms with Gasteiger partial charge < -0.3 is 14.8 Å². The Balaban J connectivity index is 1.82. The molecule has 3 rings (SSSR count). The van der Waals surface area contributed by atoms with Crippen molar-refractivity contribution in [3.8, 4) is 11.5 Å². The molecule has 22 heavy (non-hydrogen) atoms. The third-order valence-electron chi connectivity index (χ3n) is 3.36. The molecule has 1 aromatic heterocycles. The topological polar surface area (TPSA) is 69.2 Å². The highest BCUT2D eigenvalue weighted by Gasteiger charge is 2.07. The lowest BCUT2D eigenvalue weighted by Gasteiger charge is -2.11. The second-order valence-electron chi connectivity index (χ2n) is 4.70. The predicted molar refractivity (Wildman–Crippen MR) is 84.2 cm³/mol. The van der Waals surface area contributed by atoms with Crippen LogP contribution in [-0.2, 0) is 6.54 Å². The number of anilines is 1. The first-order valence-electron chi connectivity index (χ1n) is 6.84. The minimum absolute atomic E-state index is 0.600. The average molecular weight is 296 g/mol. The van der Waals surface area contributed by atoms with Crippen molar-refractivity contribution in [2.75, 3.05) is 19.5 Å². The average Bonchev–Trinajstić information content (AvgIpc) is 2.59. The molecule has 1 N–H and O–H groups in total. The van der Waals surface area contributed by atoms with Crippen molar-refractivity contribution < 1.29 is 9.47 Å². The predicted octanol–water partition coefficient (Wildman–Crippen LogP) is 2.65. The number of methoxy groups -OCH3 is 2. The molecule has 2 aromatic carbocycles. The molecule has 6 heteroatoms. The molecule has 0 amide bonds. The van der Waals surface area contributed by atoms with Gasteiger partial charge in [0.25, 0.3) is 0 Å². The lowest BCUT2D eigenvalue weighted by atomic mass is 10.2. The van der Waals surface area contributed by atoms with Gasteiger partial charge in [0.05, 0.1) is 19.7 Å². The fraction of sp³-hybridized carbons (Fsp3) is 0.188. The van der Waals surface area contributed by atoms with E-state index in [0.717, 1.165) is 16.5 Å². The number of nitrogens with zero attached hydrogens (tertiary/aromatic N) is 3. The second kappa shape index (κ2) is 6.26. The van der Waals surface area contributed by atoms with E-state index in [1.54, 1.807) is 14.2 Å². The van der Waals surface area contributed by atoms with Gasteiger partial charge in [0.1, 0.15) is 0 Å². The zero-order valence-electron chi connectivity index (χ0n) is 12.4. The molecule has 3 aromatic rings. The minimum Gasteiger partial charge on any atom is -0.493 e. The number of hydrogen-bond donors (Lipinski definition) is 1. The number of fused-ring (bicyclic) bond motifs is 1. The molecule has 0 unspecified atom stereocenters. The molecule has 0 spiro atoms. The highest BCUT2D eigenvalue weighted by atomic mass is 16.5. The van der Waals surface area contributed by atoms with Gasteiger partial charge in [-0.15, -0.1) is 10.2 Å². The monoisotopic (exact) mass is 296 g/mol. The van der Waals surface area contributed by atoms with E-state index >= 15 is 0 Å². The van der Waals surface area contributed by atoms with Crippen molar-refractivity contribution >= 4 is 16.7 Å². The van der Waals surface area contributed by atoms with Crippen molar-refractivity contribution in [3.05, 3.63) is 48.0 Å². The van der Waals surface area contributed by atoms with Gasteiger partial charge in [-0.05, 0) is 35.0 Å². The van der Waals surface area contributed by atoms with Crippen LogP contribution in [0.1, 0.15) is 5.56 Å². The molecular formula is C16H16N4O2. The Morgan fingerprint density at radius 1 is 0.955 bits per heavy atom. The highest BCUT2D eigenvalue weighted by Crippen LogP contribution is 2.28. The van der Waals surface area contributed by atoms with Crippen molar-refractivity contribution in [3.63, 3.8) is 0 Å². The van der Waals surface area contributed by atoms with Gasteiger partial charge in [-0.25, -0.2) is 0 Å². The Morgan fingerprint density at radius 2 is 1.77 bits per heavy atom. The number of benzene rings is 2. The normalized spacial score (nSPS) is 10.5. The van der Waals surface area contributed by atoms with Crippen LogP contribution in [0.15, 0.2) is 42.5 Å². The van der Waals surface area contributed by atoms with E-state index < -0.39 is 0 Å². The van der Waals surface area contributed by atoms with Crippen LogP contribution in [0.25, 0.3) is 10.9 Å². The summed E-state index contributed by atoms with van der Waals surface area (Å²) in [5.74, 6) is 2.12. The van der Waals surface area contributed by atoms with Crippen LogP contribution in [0, 0.1) is 0 Å². The molecular weight excluding hydrogens is 280 g/mol. The Labute approximate surface area is 128 Å². The van der Waals surface area contributed by atoms with Gasteiger partial charge in [-0.2, -0.15) is 0 Å². The third-order valence-corrected chi connectivity index (χ3v) is 3.36. The molecule has 0 radical (unpaired) electrons. The van der Waals surface area contributed by atoms with Gasteiger partial charge in [0, 0.05) is 11.9 Å². The quantitative estimate of drug-likeness (QED) is 0.780. The maximum absolute atomic E-state index is 5.31. The van der Waals surface area contributed by atoms with E-state index in [2.05, 4.69) is 20.7 Å². The van der Waals surface area contributed by atoms with E-state index in [1.807, 2.05) is 42.5 Å². The molecule has 6 nitrogen and oxygen atoms in total. The van der Waals surface area contributed by atoms with Crippen molar-refractivity contribution in [1.82, 2.24) is 15.4 Å². The number of aromatic nitrogens is 3. The Bertz CT molecular complexity index is 787. The molecule has 0 fully saturated rings. The van der Waals surface area contributed by atoms with Crippen LogP contribution < -0.4 is 14.8 Å². The molecule has 0 atom stereocenters. The van der Waals surface area contributed by atoms with Crippen LogP contribution in [0.2, 0.25) is 0 Å². The zero-order valence-corrected chi connectivity index (χ0v) is 12.4. The van der Waals surface area contributed by atoms with Crippen LogP contribution in [0.4, 0.5) is 5.82 Å². The summed E-state index contributed by atoms with van der Waals surface area (Å²) in [5, 5.41) is 16.1. The molecule has 1 heterocycles. The van der Waals surface area contributed by atoms with E-state index in [9.17, 15) is 0 Å². The summed E-state index contributed by atoms with van der Waals surface area (Å²) in [5.41, 5.74) is 1.87. The molecule has 0 aliphatic heterocycles. The van der Waals surface area contributed by atoms with Crippen LogP contribution in [0.3, 0.4) is 0 Å². The number of hydrogen-bond acceptors (Lipinski definition) is 6. The number of nitrogens with one attached hydrogen (secondary N) is 1. The fourth-order valence-corrected chi connectivity index (χ4v) is 2.24. The first-order chi connectivity index (χ1) is 10.8. The second-order valence-corrected chi connectivity index (χ2v) is 4.70. The van der Waals surface area contributed by atoms with Crippen LogP contribution in [-0.4, -0.2) is 29.6 Å². The Hall–Kier alpha value is -2.89. The standard InChI is InChI=1S/C16H16N4O2/c1-21-14-8-7-11(9-15(14)22-2)10-17-16-12-5-3-4-6-13(12)18-20-19-16/h3-9H,10H2,1-2H3,(H,17,18,19). The van der Waals surface area contributed by atoms with Gasteiger partial charge in [-0.3, -0.25) is 0 Å². The fourth-order valence-electron chi connectivity index (χ4n) is 2.24. The number of ether oxygens (including phenoxy) is 2. The molecule has 0 saturated heterocycles. The SMILES string of the molecule is COc1ccc(CNc2nnnc3ccccc23)cc1OC. The third kappa shape index (κ3) is 2.76. The Morgan fingerprint density at radius 3 is 2.59 bits per heavy atom. The maximum Gasteiger partial charge on any atom is 0.161 e. The van der Waals surface area contributed by atoms with Gasteiger partial charge >= 0.3 is 0 Å². The molecule has 0 saturated carbocycles. The summed E-state index contributed by atoms with van der Waals surface area (Å²) < 4.78 is 10.5. The molecule has 0 aliphatic carbocycles. The Kier molecular flexibility index (Phi) is 4.00. The van der Waals surface area contributed by atoms with Gasteiger partial charge in [0.15, 0.2) is 17.3 Å². The maximum atomic E-state index is 5.31. The van der Waals surface area contributed by atoms with E-state index in [1.165, 1.54) is 0 Å². The molecule has 112 valence electrons. The largest absolute Gasteiger partial charge is 0.493 e. The summed E-state index contributed by atoms with van der Waals surface area (Å²) in [6, 6.07) is 13.5. The van der Waals surface area contributed by atoms with E-state index in [0.29, 0.717) is 23.9 Å². The van der Waals surface area contributed by atoms with E-state index in [4.69, 9.17) is 9.47 Å². The summed E-state index contributed by atoms with van der Waals surface area (Å²) >= 11 is 0. The lowest BCUT2D eigenvalue weighted by molar-refractivity contribution is 0.354. The van der Waals surface area contributed by atoms with Gasteiger partial charge in [0.2, 0.25) is 0 Å². The number of rotatable bonds is 5. The molecule has 0 bridgehead atoms. The smallest absolute Gasteiger partial charge is 0.161 e. The summed E-state index contributed by atoms with van der Waals surface area (Å²) in [6.07, 6.45) is 0. The molecule has 0 aliphatic rings. The van der Waals surface area contributed by atoms with Crippen LogP contribution >= 0.6 is 0 Å². The highest BCUT2D eigenvalue weighted by molar-refractivity contribution is 5.88. The van der Waals surface area contributed by atoms with Gasteiger partial charge in [-0.1, -0.05) is 18.2 Å². The van der Waals surface area contributed by atoms with Crippen molar-refractivity contribution in [2.45, 2.75) is 6.54 Å². The van der Waals surface area contributed by atoms with E-state index in [-0.39, 0.29) is 0 Å². The summed E-state index contributed by atoms with van der Waals surface area (Å²) in [7, 11) is 3.24. The zero-order chi connectivity index (χ0) is 15.4. The first kappa shape index (κ1) is 14.1. The lowest BCUT2D eigenvalue weighted by Crippen LogP contribution is -2.04. The summed E-state index contributed by atoms with van der Waals surface area (Å²) in [4.78, 5) is 0. The first-order valence-corrected chi connectivity index (χ1v) is 6.84. The summed E-state index contributed by atoms with van der Waals surface area (Å²) in [6.45, 7) is 0.600. The van der Waals surface area contributed by atoms with Crippen molar-refractivity contribution in [2.24, 2.45) is 0 Å². The van der Waals surface area contributed by atoms with Crippen LogP contribution in [0.5, 0.6) is 11.5 Å².